The minimum atomic E-state index is -4.53. The third-order valence-electron chi connectivity index (χ3n) is 8.25. The van der Waals surface area contributed by atoms with E-state index in [0.29, 0.717) is 30.2 Å². The first-order valence-corrected chi connectivity index (χ1v) is 19.8. The van der Waals surface area contributed by atoms with Crippen molar-refractivity contribution in [2.75, 3.05) is 19.8 Å². The molecule has 5 nitrogen and oxygen atoms in total. The number of unbranched alkanes of at least 4 members (excludes halogenated alkanes) is 1. The predicted molar refractivity (Wildman–Crippen MR) is 172 cm³/mol. The molecule has 0 aliphatic carbocycles. The van der Waals surface area contributed by atoms with Crippen molar-refractivity contribution in [1.29, 1.82) is 0 Å². The molecule has 0 N–H and O–H groups in total. The van der Waals surface area contributed by atoms with Gasteiger partial charge in [0.1, 0.15) is 12.1 Å². The first-order valence-electron chi connectivity index (χ1n) is 15.8. The summed E-state index contributed by atoms with van der Waals surface area (Å²) < 4.78 is 75.4. The maximum atomic E-state index is 14.1. The van der Waals surface area contributed by atoms with Crippen molar-refractivity contribution in [3.05, 3.63) is 29.3 Å². The summed E-state index contributed by atoms with van der Waals surface area (Å²) in [5, 5.41) is -1.18. The Hall–Kier alpha value is -0.660. The van der Waals surface area contributed by atoms with Crippen LogP contribution in [0, 0.1) is 5.92 Å². The SMILES string of the molecule is CCCCC(CC[CH2][In])CCCOc1ccc(CCC2(COP(=O)(C(C)(C)C)C(C)(C)C)COC(C)=N2)cc1C(F)(F)F. The van der Waals surface area contributed by atoms with Crippen LogP contribution in [0.2, 0.25) is 4.18 Å². The van der Waals surface area contributed by atoms with Gasteiger partial charge in [0, 0.05) is 17.2 Å². The predicted octanol–water partition coefficient (Wildman–Crippen LogP) is 10.0. The molecule has 0 bridgehead atoms. The van der Waals surface area contributed by atoms with Gasteiger partial charge >= 0.3 is 152 Å². The van der Waals surface area contributed by atoms with E-state index < -0.39 is 35.0 Å². The van der Waals surface area contributed by atoms with Crippen molar-refractivity contribution in [3.63, 3.8) is 0 Å². The molecule has 10 heteroatoms. The standard InChI is InChI=1S/C33H54F3NO4P.In/c1-10-12-15-26(14-11-2)16-13-21-39-29-18-17-27(22-28(29)33(34,35)36)19-20-32(23-40-25(3)37-32)24-41-42(38,30(4,5)6)31(7,8)9;/h17-18,22,26H,2,10-16,19-21,23-24H2,1,3-9H3;. The van der Waals surface area contributed by atoms with E-state index in [-0.39, 0.29) is 25.6 Å². The van der Waals surface area contributed by atoms with E-state index in [9.17, 15) is 17.7 Å². The number of halogens is 3. The number of nitrogens with zero attached hydrogens (tertiary/aromatic N) is 1. The molecule has 2 rings (SSSR count). The van der Waals surface area contributed by atoms with Crippen LogP contribution in [0.15, 0.2) is 23.2 Å². The zero-order chi connectivity index (χ0) is 32.5. The molecule has 0 saturated carbocycles. The molecule has 244 valence electrons. The second-order valence-electron chi connectivity index (χ2n) is 14.1. The van der Waals surface area contributed by atoms with Crippen LogP contribution < -0.4 is 4.74 Å². The average molecular weight is 732 g/mol. The molecule has 0 aromatic heterocycles. The average Bonchev–Trinajstić information content (AvgIpc) is 3.28. The summed E-state index contributed by atoms with van der Waals surface area (Å²) in [6.45, 7) is 16.0. The van der Waals surface area contributed by atoms with Crippen LogP contribution in [-0.4, -0.2) is 65.9 Å². The number of benzene rings is 1. The van der Waals surface area contributed by atoms with Gasteiger partial charge < -0.3 is 9.26 Å². The molecule has 0 amide bonds. The zero-order valence-electron chi connectivity index (χ0n) is 27.7. The van der Waals surface area contributed by atoms with E-state index in [2.05, 4.69) is 6.92 Å². The molecule has 0 saturated heterocycles. The molecule has 1 aromatic rings. The molecule has 0 spiro atoms. The van der Waals surface area contributed by atoms with Crippen molar-refractivity contribution in [1.82, 2.24) is 0 Å². The Bertz CT molecular complexity index is 1070. The van der Waals surface area contributed by atoms with Crippen LogP contribution in [-0.2, 0) is 26.4 Å². The van der Waals surface area contributed by atoms with Crippen molar-refractivity contribution in [2.45, 2.75) is 139 Å². The fourth-order valence-electron chi connectivity index (χ4n) is 5.86. The van der Waals surface area contributed by atoms with E-state index in [4.69, 9.17) is 19.0 Å². The summed E-state index contributed by atoms with van der Waals surface area (Å²) >= 11 is 1.28. The molecule has 1 aromatic carbocycles. The van der Waals surface area contributed by atoms with Crippen LogP contribution in [0.3, 0.4) is 0 Å². The van der Waals surface area contributed by atoms with Gasteiger partial charge in [-0.15, -0.1) is 0 Å². The van der Waals surface area contributed by atoms with Gasteiger partial charge in [-0.1, -0.05) is 41.5 Å². The fourth-order valence-corrected chi connectivity index (χ4v) is 9.74. The molecule has 1 aliphatic heterocycles. The number of hydrogen-bond acceptors (Lipinski definition) is 5. The van der Waals surface area contributed by atoms with Gasteiger partial charge in [0.25, 0.3) is 0 Å². The van der Waals surface area contributed by atoms with Gasteiger partial charge in [0.05, 0.1) is 6.61 Å². The Morgan fingerprint density at radius 2 is 1.67 bits per heavy atom. The van der Waals surface area contributed by atoms with Gasteiger partial charge in [-0.25, -0.2) is 4.99 Å². The van der Waals surface area contributed by atoms with E-state index in [1.165, 1.54) is 66.4 Å². The first kappa shape index (κ1) is 38.5. The number of aliphatic imine (C=N–C) groups is 1. The monoisotopic (exact) mass is 731 g/mol. The Morgan fingerprint density at radius 3 is 2.21 bits per heavy atom. The van der Waals surface area contributed by atoms with Crippen LogP contribution in [0.25, 0.3) is 0 Å². The van der Waals surface area contributed by atoms with Crippen LogP contribution >= 0.6 is 7.37 Å². The molecule has 1 heterocycles. The maximum absolute atomic E-state index is 14.1. The quantitative estimate of drug-likeness (QED) is 0.118. The number of aryl methyl sites for hydroxylation is 1. The Balaban J connectivity index is 2.14. The molecule has 2 unspecified atom stereocenters. The molecule has 1 aliphatic rings. The molecule has 2 radical (unpaired) electrons. The van der Waals surface area contributed by atoms with Crippen molar-refractivity contribution in [3.8, 4) is 5.75 Å². The second kappa shape index (κ2) is 16.3. The number of rotatable bonds is 17. The molecule has 0 fully saturated rings. The Kier molecular flexibility index (Phi) is 14.6. The zero-order valence-corrected chi connectivity index (χ0v) is 31.9. The van der Waals surface area contributed by atoms with Crippen molar-refractivity contribution in [2.24, 2.45) is 10.9 Å². The molecule has 43 heavy (non-hydrogen) atoms. The normalized spacial score (nSPS) is 18.8. The van der Waals surface area contributed by atoms with E-state index in [1.807, 2.05) is 41.5 Å². The Morgan fingerprint density at radius 1 is 1.05 bits per heavy atom. The van der Waals surface area contributed by atoms with Crippen LogP contribution in [0.4, 0.5) is 13.2 Å². The van der Waals surface area contributed by atoms with Gasteiger partial charge in [-0.3, -0.25) is 4.57 Å². The first-order chi connectivity index (χ1) is 19.9. The van der Waals surface area contributed by atoms with Gasteiger partial charge in [0.2, 0.25) is 7.37 Å². The third kappa shape index (κ3) is 11.3. The van der Waals surface area contributed by atoms with Gasteiger partial charge in [-0.05, 0) is 12.8 Å². The van der Waals surface area contributed by atoms with E-state index in [1.54, 1.807) is 13.0 Å². The van der Waals surface area contributed by atoms with Crippen LogP contribution in [0.5, 0.6) is 5.75 Å². The van der Waals surface area contributed by atoms with Gasteiger partial charge in [0.15, 0.2) is 5.90 Å². The Labute approximate surface area is 273 Å². The molecular weight excluding hydrogens is 677 g/mol. The summed E-state index contributed by atoms with van der Waals surface area (Å²) in [6, 6.07) is 4.35. The summed E-state index contributed by atoms with van der Waals surface area (Å²) in [4.78, 5) is 4.70. The van der Waals surface area contributed by atoms with Gasteiger partial charge in [-0.2, -0.15) is 0 Å². The molecule has 2 atom stereocenters. The van der Waals surface area contributed by atoms with E-state index in [0.717, 1.165) is 19.3 Å². The summed E-state index contributed by atoms with van der Waals surface area (Å²) in [7, 11) is -3.15. The topological polar surface area (TPSA) is 57.1 Å². The number of hydrogen-bond donors (Lipinski definition) is 0. The fraction of sp³-hybridized carbons (Fsp3) is 0.788. The third-order valence-corrected chi connectivity index (χ3v) is 13.4. The summed E-state index contributed by atoms with van der Waals surface area (Å²) in [5.41, 5.74) is -1.03. The minimum absolute atomic E-state index is 0.0722. The van der Waals surface area contributed by atoms with Crippen molar-refractivity contribution < 1.29 is 31.7 Å². The summed E-state index contributed by atoms with van der Waals surface area (Å²) in [6.07, 6.45) is 3.94. The number of alkyl halides is 3. The van der Waals surface area contributed by atoms with Crippen molar-refractivity contribution >= 4 is 37.6 Å². The summed E-state index contributed by atoms with van der Waals surface area (Å²) in [5.74, 6) is 1.01. The molecular formula is C33H54F3InNO4P. The number of ether oxygens (including phenoxy) is 2. The second-order valence-corrected chi connectivity index (χ2v) is 19.8. The van der Waals surface area contributed by atoms with Crippen LogP contribution in [0.1, 0.15) is 118 Å². The van der Waals surface area contributed by atoms with E-state index >= 15 is 0 Å².